The van der Waals surface area contributed by atoms with Crippen molar-refractivity contribution in [1.29, 1.82) is 0 Å². The monoisotopic (exact) mass is 233 g/mol. The number of methoxy groups -OCH3 is 1. The Morgan fingerprint density at radius 2 is 2.06 bits per heavy atom. The van der Waals surface area contributed by atoms with Gasteiger partial charge in [-0.2, -0.15) is 0 Å². The van der Waals surface area contributed by atoms with Gasteiger partial charge in [-0.3, -0.25) is 9.69 Å². The van der Waals surface area contributed by atoms with Crippen LogP contribution in [0.2, 0.25) is 0 Å². The predicted molar refractivity (Wildman–Crippen MR) is 66.4 cm³/mol. The van der Waals surface area contributed by atoms with E-state index in [0.29, 0.717) is 5.92 Å². The lowest BCUT2D eigenvalue weighted by molar-refractivity contribution is -0.146. The van der Waals surface area contributed by atoms with E-state index in [9.17, 15) is 4.79 Å². The second kappa shape index (κ2) is 5.32. The lowest BCUT2D eigenvalue weighted by Crippen LogP contribution is -2.24. The van der Waals surface area contributed by atoms with Crippen LogP contribution in [0.3, 0.4) is 0 Å². The molecule has 0 aliphatic carbocycles. The Hall–Kier alpha value is -1.35. The van der Waals surface area contributed by atoms with Gasteiger partial charge >= 0.3 is 5.97 Å². The molecule has 0 amide bonds. The summed E-state index contributed by atoms with van der Waals surface area (Å²) in [6.45, 7) is 4.81. The summed E-state index contributed by atoms with van der Waals surface area (Å²) in [6, 6.07) is 10.4. The third kappa shape index (κ3) is 2.86. The van der Waals surface area contributed by atoms with Crippen molar-refractivity contribution in [2.75, 3.05) is 20.2 Å². The van der Waals surface area contributed by atoms with Gasteiger partial charge in [0.05, 0.1) is 13.0 Å². The zero-order valence-corrected chi connectivity index (χ0v) is 10.4. The molecule has 2 rings (SSSR count). The van der Waals surface area contributed by atoms with Crippen molar-refractivity contribution in [2.24, 2.45) is 11.8 Å². The molecule has 2 atom stereocenters. The molecule has 0 N–H and O–H groups in total. The Bertz CT molecular complexity index is 377. The molecule has 0 unspecified atom stereocenters. The van der Waals surface area contributed by atoms with E-state index in [1.54, 1.807) is 0 Å². The van der Waals surface area contributed by atoms with Gasteiger partial charge in [0.2, 0.25) is 0 Å². The van der Waals surface area contributed by atoms with Crippen LogP contribution in [-0.4, -0.2) is 31.1 Å². The SMILES string of the molecule is COC(=O)[C@H]1CN(Cc2ccccc2)C[C@H]1C. The highest BCUT2D eigenvalue weighted by Gasteiger charge is 2.35. The number of carbonyl (C=O) groups is 1. The second-order valence-corrected chi connectivity index (χ2v) is 4.79. The van der Waals surface area contributed by atoms with Crippen molar-refractivity contribution in [3.8, 4) is 0 Å². The Balaban J connectivity index is 1.95. The number of rotatable bonds is 3. The lowest BCUT2D eigenvalue weighted by atomic mass is 9.99. The van der Waals surface area contributed by atoms with Crippen molar-refractivity contribution >= 4 is 5.97 Å². The van der Waals surface area contributed by atoms with Gasteiger partial charge in [-0.05, 0) is 11.5 Å². The van der Waals surface area contributed by atoms with Gasteiger partial charge in [-0.1, -0.05) is 37.3 Å². The molecule has 0 bridgehead atoms. The fourth-order valence-electron chi connectivity index (χ4n) is 2.50. The first-order valence-corrected chi connectivity index (χ1v) is 6.05. The van der Waals surface area contributed by atoms with E-state index in [-0.39, 0.29) is 11.9 Å². The summed E-state index contributed by atoms with van der Waals surface area (Å²) in [5, 5.41) is 0. The molecule has 3 nitrogen and oxygen atoms in total. The molecule has 0 aromatic heterocycles. The quantitative estimate of drug-likeness (QED) is 0.747. The van der Waals surface area contributed by atoms with Crippen molar-refractivity contribution in [3.63, 3.8) is 0 Å². The minimum Gasteiger partial charge on any atom is -0.469 e. The zero-order chi connectivity index (χ0) is 12.3. The number of hydrogen-bond donors (Lipinski definition) is 0. The molecule has 1 fully saturated rings. The van der Waals surface area contributed by atoms with Gasteiger partial charge in [0, 0.05) is 19.6 Å². The van der Waals surface area contributed by atoms with Crippen LogP contribution in [-0.2, 0) is 16.1 Å². The summed E-state index contributed by atoms with van der Waals surface area (Å²) in [5.74, 6) is 0.336. The standard InChI is InChI=1S/C14H19NO2/c1-11-8-15(10-13(11)14(16)17-2)9-12-6-4-3-5-7-12/h3-7,11,13H,8-10H2,1-2H3/t11-,13+/m1/s1. The minimum atomic E-state index is -0.0759. The molecule has 1 aliphatic heterocycles. The number of nitrogens with zero attached hydrogens (tertiary/aromatic N) is 1. The van der Waals surface area contributed by atoms with E-state index in [0.717, 1.165) is 19.6 Å². The zero-order valence-electron chi connectivity index (χ0n) is 10.4. The third-order valence-electron chi connectivity index (χ3n) is 3.44. The number of carbonyl (C=O) groups excluding carboxylic acids is 1. The molecule has 3 heteroatoms. The summed E-state index contributed by atoms with van der Waals surface area (Å²) >= 11 is 0. The van der Waals surface area contributed by atoms with E-state index in [4.69, 9.17) is 4.74 Å². The Morgan fingerprint density at radius 3 is 2.71 bits per heavy atom. The Kier molecular flexibility index (Phi) is 3.79. The van der Waals surface area contributed by atoms with E-state index in [1.165, 1.54) is 12.7 Å². The summed E-state index contributed by atoms with van der Waals surface area (Å²) in [4.78, 5) is 13.9. The highest BCUT2D eigenvalue weighted by atomic mass is 16.5. The van der Waals surface area contributed by atoms with E-state index in [2.05, 4.69) is 24.0 Å². The maximum atomic E-state index is 11.6. The first-order chi connectivity index (χ1) is 8.20. The third-order valence-corrected chi connectivity index (χ3v) is 3.44. The van der Waals surface area contributed by atoms with E-state index >= 15 is 0 Å². The van der Waals surface area contributed by atoms with Crippen LogP contribution in [0.1, 0.15) is 12.5 Å². The van der Waals surface area contributed by atoms with Crippen molar-refractivity contribution < 1.29 is 9.53 Å². The van der Waals surface area contributed by atoms with Gasteiger partial charge in [-0.25, -0.2) is 0 Å². The van der Waals surface area contributed by atoms with Crippen LogP contribution in [0.5, 0.6) is 0 Å². The fraction of sp³-hybridized carbons (Fsp3) is 0.500. The normalized spacial score (nSPS) is 24.8. The summed E-state index contributed by atoms with van der Waals surface area (Å²) in [5.41, 5.74) is 1.30. The van der Waals surface area contributed by atoms with E-state index in [1.807, 2.05) is 18.2 Å². The molecule has 0 radical (unpaired) electrons. The van der Waals surface area contributed by atoms with Gasteiger partial charge in [-0.15, -0.1) is 0 Å². The number of ether oxygens (including phenoxy) is 1. The Labute approximate surface area is 102 Å². The second-order valence-electron chi connectivity index (χ2n) is 4.79. The van der Waals surface area contributed by atoms with Gasteiger partial charge in [0.1, 0.15) is 0 Å². The van der Waals surface area contributed by atoms with Crippen LogP contribution in [0.4, 0.5) is 0 Å². The fourth-order valence-corrected chi connectivity index (χ4v) is 2.50. The van der Waals surface area contributed by atoms with Crippen molar-refractivity contribution in [2.45, 2.75) is 13.5 Å². The van der Waals surface area contributed by atoms with E-state index < -0.39 is 0 Å². The smallest absolute Gasteiger partial charge is 0.310 e. The highest BCUT2D eigenvalue weighted by Crippen LogP contribution is 2.25. The molecule has 17 heavy (non-hydrogen) atoms. The number of hydrogen-bond acceptors (Lipinski definition) is 3. The maximum Gasteiger partial charge on any atom is 0.310 e. The molecule has 92 valence electrons. The molecule has 1 heterocycles. The van der Waals surface area contributed by atoms with Gasteiger partial charge < -0.3 is 4.74 Å². The van der Waals surface area contributed by atoms with Gasteiger partial charge in [0.25, 0.3) is 0 Å². The maximum absolute atomic E-state index is 11.6. The van der Waals surface area contributed by atoms with Crippen LogP contribution in [0.25, 0.3) is 0 Å². The largest absolute Gasteiger partial charge is 0.469 e. The van der Waals surface area contributed by atoms with Crippen LogP contribution in [0, 0.1) is 11.8 Å². The first-order valence-electron chi connectivity index (χ1n) is 6.05. The molecule has 1 aromatic carbocycles. The summed E-state index contributed by atoms with van der Waals surface area (Å²) in [7, 11) is 1.47. The van der Waals surface area contributed by atoms with Crippen LogP contribution < -0.4 is 0 Å². The summed E-state index contributed by atoms with van der Waals surface area (Å²) in [6.07, 6.45) is 0. The topological polar surface area (TPSA) is 29.5 Å². The van der Waals surface area contributed by atoms with Crippen molar-refractivity contribution in [3.05, 3.63) is 35.9 Å². The van der Waals surface area contributed by atoms with Gasteiger partial charge in [0.15, 0.2) is 0 Å². The molecule has 1 saturated heterocycles. The molecule has 1 aliphatic rings. The van der Waals surface area contributed by atoms with Crippen LogP contribution in [0.15, 0.2) is 30.3 Å². The molecule has 0 saturated carbocycles. The molecule has 1 aromatic rings. The van der Waals surface area contributed by atoms with Crippen molar-refractivity contribution in [1.82, 2.24) is 4.90 Å². The molecular weight excluding hydrogens is 214 g/mol. The average molecular weight is 233 g/mol. The molecular formula is C14H19NO2. The number of likely N-dealkylation sites (tertiary alicyclic amines) is 1. The van der Waals surface area contributed by atoms with Crippen LogP contribution >= 0.6 is 0 Å². The summed E-state index contributed by atoms with van der Waals surface area (Å²) < 4.78 is 4.84. The number of benzene rings is 1. The number of esters is 1. The first kappa shape index (κ1) is 12.1. The lowest BCUT2D eigenvalue weighted by Gasteiger charge is -2.15. The highest BCUT2D eigenvalue weighted by molar-refractivity contribution is 5.73. The molecule has 0 spiro atoms. The average Bonchev–Trinajstić information content (AvgIpc) is 2.70. The minimum absolute atomic E-state index is 0.0312. The Morgan fingerprint density at radius 1 is 1.35 bits per heavy atom. The predicted octanol–water partition coefficient (Wildman–Crippen LogP) is 1.93.